The van der Waals surface area contributed by atoms with Crippen molar-refractivity contribution in [1.82, 2.24) is 20.0 Å². The van der Waals surface area contributed by atoms with Crippen molar-refractivity contribution in [1.29, 1.82) is 0 Å². The number of nitrogens with two attached hydrogens (primary N) is 1. The van der Waals surface area contributed by atoms with Crippen LogP contribution >= 0.6 is 0 Å². The smallest absolute Gasteiger partial charge is 0.407 e. The minimum atomic E-state index is -0.825. The van der Waals surface area contributed by atoms with Crippen LogP contribution in [0.4, 0.5) is 4.79 Å². The molecule has 0 saturated heterocycles. The van der Waals surface area contributed by atoms with E-state index in [1.165, 1.54) is 9.80 Å². The van der Waals surface area contributed by atoms with Crippen LogP contribution in [0.2, 0.25) is 0 Å². The van der Waals surface area contributed by atoms with E-state index in [0.29, 0.717) is 60.9 Å². The number of benzene rings is 3. The van der Waals surface area contributed by atoms with Gasteiger partial charge in [-0.3, -0.25) is 33.8 Å². The molecule has 0 fully saturated rings. The zero-order valence-electron chi connectivity index (χ0n) is 26.6. The molecule has 0 spiro atoms. The quantitative estimate of drug-likeness (QED) is 0.175. The summed E-state index contributed by atoms with van der Waals surface area (Å²) in [6, 6.07) is 21.8. The average Bonchev–Trinajstić information content (AvgIpc) is 3.50. The first-order valence-electron chi connectivity index (χ1n) is 16.2. The van der Waals surface area contributed by atoms with Crippen LogP contribution in [0.25, 0.3) is 0 Å². The fraction of sp³-hybridized carbons (Fsp3) is 0.333. The first-order chi connectivity index (χ1) is 23.3. The third-order valence-corrected chi connectivity index (χ3v) is 8.43. The second-order valence-electron chi connectivity index (χ2n) is 11.7. The topological polar surface area (TPSA) is 159 Å². The van der Waals surface area contributed by atoms with Crippen molar-refractivity contribution in [2.45, 2.75) is 44.8 Å². The van der Waals surface area contributed by atoms with Crippen LogP contribution in [-0.4, -0.2) is 89.1 Å². The highest BCUT2D eigenvalue weighted by atomic mass is 16.5. The van der Waals surface area contributed by atoms with Crippen molar-refractivity contribution in [3.63, 3.8) is 0 Å². The highest BCUT2D eigenvalue weighted by Crippen LogP contribution is 2.24. The predicted octanol–water partition coefficient (Wildman–Crippen LogP) is 3.61. The van der Waals surface area contributed by atoms with Crippen LogP contribution in [-0.2, 0) is 16.1 Å². The Bertz CT molecular complexity index is 1530. The number of nitrogens with one attached hydrogen (secondary N) is 1. The third-order valence-electron chi connectivity index (χ3n) is 8.43. The van der Waals surface area contributed by atoms with Crippen LogP contribution in [0, 0.1) is 0 Å². The van der Waals surface area contributed by atoms with Crippen molar-refractivity contribution in [3.8, 4) is 0 Å². The Labute approximate surface area is 278 Å². The fourth-order valence-corrected chi connectivity index (χ4v) is 5.87. The summed E-state index contributed by atoms with van der Waals surface area (Å²) in [6.07, 6.45) is 1.65. The van der Waals surface area contributed by atoms with E-state index >= 15 is 0 Å². The van der Waals surface area contributed by atoms with E-state index in [4.69, 9.17) is 10.5 Å². The zero-order valence-corrected chi connectivity index (χ0v) is 26.6. The molecule has 3 N–H and O–H groups in total. The molecule has 2 heterocycles. The summed E-state index contributed by atoms with van der Waals surface area (Å²) in [5.41, 5.74) is 8.64. The Kier molecular flexibility index (Phi) is 11.3. The predicted molar refractivity (Wildman–Crippen MR) is 176 cm³/mol. The monoisotopic (exact) mass is 653 g/mol. The maximum absolute atomic E-state index is 13.5. The Morgan fingerprint density at radius 2 is 1.12 bits per heavy atom. The van der Waals surface area contributed by atoms with Gasteiger partial charge >= 0.3 is 6.09 Å². The van der Waals surface area contributed by atoms with Gasteiger partial charge in [0, 0.05) is 32.7 Å². The number of alkyl carbamates (subject to hydrolysis) is 1. The molecule has 12 heteroatoms. The third kappa shape index (κ3) is 7.95. The molecule has 0 unspecified atom stereocenters. The lowest BCUT2D eigenvalue weighted by atomic mass is 10.1. The number of imide groups is 2. The number of fused-ring (bicyclic) bond motifs is 2. The first kappa shape index (κ1) is 34.0. The summed E-state index contributed by atoms with van der Waals surface area (Å²) in [5, 5.41) is 2.70. The Morgan fingerprint density at radius 1 is 0.667 bits per heavy atom. The molecular formula is C36H39N5O7. The van der Waals surface area contributed by atoms with Crippen molar-refractivity contribution in [2.75, 3.05) is 32.7 Å². The number of carbonyl (C=O) groups excluding carboxylic acids is 6. The van der Waals surface area contributed by atoms with Crippen molar-refractivity contribution >= 4 is 35.6 Å². The largest absolute Gasteiger partial charge is 0.445 e. The lowest BCUT2D eigenvalue weighted by Gasteiger charge is -2.27. The van der Waals surface area contributed by atoms with Gasteiger partial charge in [-0.2, -0.15) is 0 Å². The summed E-state index contributed by atoms with van der Waals surface area (Å²) in [5.74, 6) is -1.78. The number of rotatable bonds is 16. The van der Waals surface area contributed by atoms with Crippen molar-refractivity contribution in [3.05, 3.63) is 107 Å². The molecule has 1 atom stereocenters. The van der Waals surface area contributed by atoms with Gasteiger partial charge in [0.1, 0.15) is 6.61 Å². The maximum Gasteiger partial charge on any atom is 0.407 e. The molecule has 3 aromatic rings. The molecule has 2 aliphatic heterocycles. The van der Waals surface area contributed by atoms with Crippen molar-refractivity contribution < 1.29 is 33.5 Å². The Hall–Kier alpha value is -5.36. The van der Waals surface area contributed by atoms with E-state index in [2.05, 4.69) is 5.32 Å². The van der Waals surface area contributed by atoms with Gasteiger partial charge in [-0.25, -0.2) is 4.79 Å². The summed E-state index contributed by atoms with van der Waals surface area (Å²) in [4.78, 5) is 80.7. The van der Waals surface area contributed by atoms with E-state index in [-0.39, 0.29) is 62.3 Å². The number of ether oxygens (including phenoxy) is 1. The van der Waals surface area contributed by atoms with E-state index in [1.54, 1.807) is 53.4 Å². The number of hydrogen-bond donors (Lipinski definition) is 2. The number of hydrogen-bond acceptors (Lipinski definition) is 8. The van der Waals surface area contributed by atoms with Crippen molar-refractivity contribution in [2.24, 2.45) is 5.73 Å². The Balaban J connectivity index is 1.11. The van der Waals surface area contributed by atoms with Crippen LogP contribution in [0.3, 0.4) is 0 Å². The second-order valence-corrected chi connectivity index (χ2v) is 11.7. The molecule has 12 nitrogen and oxygen atoms in total. The molecule has 250 valence electrons. The van der Waals surface area contributed by atoms with Gasteiger partial charge in [0.25, 0.3) is 23.6 Å². The van der Waals surface area contributed by atoms with Crippen LogP contribution < -0.4 is 11.1 Å². The van der Waals surface area contributed by atoms with Gasteiger partial charge in [0.2, 0.25) is 5.91 Å². The van der Waals surface area contributed by atoms with Crippen LogP contribution in [0.15, 0.2) is 78.9 Å². The molecule has 0 bridgehead atoms. The fourth-order valence-electron chi connectivity index (χ4n) is 5.87. The van der Waals surface area contributed by atoms with Crippen LogP contribution in [0.1, 0.15) is 79.1 Å². The van der Waals surface area contributed by atoms with E-state index in [0.717, 1.165) is 5.56 Å². The summed E-state index contributed by atoms with van der Waals surface area (Å²) >= 11 is 0. The molecule has 0 saturated carbocycles. The van der Waals surface area contributed by atoms with Crippen LogP contribution in [0.5, 0.6) is 0 Å². The van der Waals surface area contributed by atoms with E-state index in [1.807, 2.05) is 30.3 Å². The molecule has 0 radical (unpaired) electrons. The molecule has 2 aliphatic rings. The second kappa shape index (κ2) is 16.0. The number of carbonyl (C=O) groups is 6. The minimum Gasteiger partial charge on any atom is -0.445 e. The lowest BCUT2D eigenvalue weighted by Crippen LogP contribution is -2.46. The molecule has 5 rings (SSSR count). The minimum absolute atomic E-state index is 0.121. The average molecular weight is 654 g/mol. The maximum atomic E-state index is 13.5. The lowest BCUT2D eigenvalue weighted by molar-refractivity contribution is -0.133. The highest BCUT2D eigenvalue weighted by molar-refractivity contribution is 6.22. The van der Waals surface area contributed by atoms with Gasteiger partial charge in [0.05, 0.1) is 28.3 Å². The molecular weight excluding hydrogens is 614 g/mol. The molecule has 3 aromatic carbocycles. The molecule has 0 aromatic heterocycles. The first-order valence-corrected chi connectivity index (χ1v) is 16.2. The number of unbranched alkanes of at least 4 members (excludes halogenated alkanes) is 1. The summed E-state index contributed by atoms with van der Waals surface area (Å²) < 4.78 is 5.21. The normalized spacial score (nSPS) is 14.2. The number of nitrogens with zero attached hydrogens (tertiary/aromatic N) is 3. The van der Waals surface area contributed by atoms with Gasteiger partial charge in [0.15, 0.2) is 0 Å². The van der Waals surface area contributed by atoms with Gasteiger partial charge < -0.3 is 20.7 Å². The van der Waals surface area contributed by atoms with Gasteiger partial charge in [-0.1, -0.05) is 54.6 Å². The summed E-state index contributed by atoms with van der Waals surface area (Å²) in [7, 11) is 0. The molecule has 6 amide bonds. The van der Waals surface area contributed by atoms with Gasteiger partial charge in [-0.05, 0) is 61.9 Å². The highest BCUT2D eigenvalue weighted by Gasteiger charge is 2.36. The number of amides is 6. The standard InChI is InChI=1S/C36H39N5O7/c37-30(18-8-9-19-38-36(47)48-24-25-12-2-1-3-13-25)35(46)39(20-10-22-40-31(42)26-14-4-5-15-27(26)32(40)43)21-11-23-41-33(44)28-16-6-7-17-29(28)34(41)45/h1-7,12-17,30H,8-11,18-24,37H2,(H,38,47)/t30-/m0/s1. The molecule has 48 heavy (non-hydrogen) atoms. The molecule has 0 aliphatic carbocycles. The summed E-state index contributed by atoms with van der Waals surface area (Å²) in [6.45, 7) is 1.21. The Morgan fingerprint density at radius 3 is 1.60 bits per heavy atom. The van der Waals surface area contributed by atoms with E-state index in [9.17, 15) is 28.8 Å². The SMILES string of the molecule is N[C@@H](CCCCNC(=O)OCc1ccccc1)C(=O)N(CCCN1C(=O)c2ccccc2C1=O)CCCN1C(=O)c2ccccc2C1=O. The van der Waals surface area contributed by atoms with E-state index < -0.39 is 12.1 Å². The van der Waals surface area contributed by atoms with Gasteiger partial charge in [-0.15, -0.1) is 0 Å². The zero-order chi connectivity index (χ0) is 34.0.